The summed E-state index contributed by atoms with van der Waals surface area (Å²) in [6.45, 7) is 6.48. The second-order valence-electron chi connectivity index (χ2n) is 6.51. The number of aryl methyl sites for hydroxylation is 2. The van der Waals surface area contributed by atoms with Gasteiger partial charge in [-0.1, -0.05) is 38.1 Å². The van der Waals surface area contributed by atoms with Crippen LogP contribution in [0.25, 0.3) is 5.76 Å². The number of rotatable bonds is 5. The standard InChI is InChI=1S/C21H23NO3S/c1-4-11-22-17(20-13(3)10-12-26-20)16(19(24)21(22)25)18(23)15-8-6-14(5-2)7-9-15/h6-10,12,17,23H,4-5,11H2,1-3H3/b18-16-. The van der Waals surface area contributed by atoms with Crippen LogP contribution in [0.1, 0.15) is 47.9 Å². The minimum absolute atomic E-state index is 0.0950. The van der Waals surface area contributed by atoms with Gasteiger partial charge < -0.3 is 10.0 Å². The van der Waals surface area contributed by atoms with Gasteiger partial charge in [-0.2, -0.15) is 0 Å². The van der Waals surface area contributed by atoms with E-state index in [1.54, 1.807) is 17.0 Å². The van der Waals surface area contributed by atoms with Gasteiger partial charge >= 0.3 is 0 Å². The number of carbonyl (C=O) groups excluding carboxylic acids is 2. The lowest BCUT2D eigenvalue weighted by molar-refractivity contribution is -0.139. The Kier molecular flexibility index (Phi) is 5.28. The summed E-state index contributed by atoms with van der Waals surface area (Å²) in [5.41, 5.74) is 2.93. The fraction of sp³-hybridized carbons (Fsp3) is 0.333. The van der Waals surface area contributed by atoms with E-state index in [9.17, 15) is 14.7 Å². The summed E-state index contributed by atoms with van der Waals surface area (Å²) in [4.78, 5) is 27.9. The Hall–Kier alpha value is -2.40. The number of hydrogen-bond acceptors (Lipinski definition) is 4. The normalized spacial score (nSPS) is 19.3. The molecule has 26 heavy (non-hydrogen) atoms. The molecule has 2 heterocycles. The highest BCUT2D eigenvalue weighted by Crippen LogP contribution is 2.42. The smallest absolute Gasteiger partial charge is 0.295 e. The van der Waals surface area contributed by atoms with E-state index in [-0.39, 0.29) is 11.3 Å². The SMILES string of the molecule is CCCN1C(=O)C(=O)/C(=C(\O)c2ccc(CC)cc2)C1c1sccc1C. The van der Waals surface area contributed by atoms with Crippen LogP contribution in [0.3, 0.4) is 0 Å². The molecule has 1 unspecified atom stereocenters. The third-order valence-electron chi connectivity index (χ3n) is 4.79. The van der Waals surface area contributed by atoms with Gasteiger partial charge in [-0.05, 0) is 42.3 Å². The van der Waals surface area contributed by atoms with E-state index in [1.165, 1.54) is 11.3 Å². The van der Waals surface area contributed by atoms with E-state index in [0.29, 0.717) is 12.1 Å². The zero-order valence-electron chi connectivity index (χ0n) is 15.3. The first-order valence-corrected chi connectivity index (χ1v) is 9.79. The van der Waals surface area contributed by atoms with Gasteiger partial charge in [0.15, 0.2) is 0 Å². The predicted octanol–water partition coefficient (Wildman–Crippen LogP) is 4.45. The summed E-state index contributed by atoms with van der Waals surface area (Å²) in [5, 5.41) is 12.9. The van der Waals surface area contributed by atoms with E-state index in [2.05, 4.69) is 6.92 Å². The molecule has 0 spiro atoms. The van der Waals surface area contributed by atoms with Crippen molar-refractivity contribution in [2.75, 3.05) is 6.54 Å². The molecule has 3 rings (SSSR count). The van der Waals surface area contributed by atoms with Gasteiger partial charge in [0.1, 0.15) is 5.76 Å². The van der Waals surface area contributed by atoms with Gasteiger partial charge in [0.2, 0.25) is 0 Å². The van der Waals surface area contributed by atoms with E-state index >= 15 is 0 Å². The second kappa shape index (κ2) is 7.46. The molecular weight excluding hydrogens is 346 g/mol. The lowest BCUT2D eigenvalue weighted by Gasteiger charge is -2.24. The molecule has 0 aliphatic carbocycles. The van der Waals surface area contributed by atoms with Crippen LogP contribution in [0, 0.1) is 6.92 Å². The molecule has 0 bridgehead atoms. The topological polar surface area (TPSA) is 57.6 Å². The third-order valence-corrected chi connectivity index (χ3v) is 5.86. The zero-order chi connectivity index (χ0) is 18.8. The number of ketones is 1. The average Bonchev–Trinajstić information content (AvgIpc) is 3.17. The van der Waals surface area contributed by atoms with Crippen LogP contribution in [-0.2, 0) is 16.0 Å². The minimum atomic E-state index is -0.603. The molecule has 1 aliphatic rings. The molecule has 1 aromatic heterocycles. The van der Waals surface area contributed by atoms with Crippen molar-refractivity contribution in [1.29, 1.82) is 0 Å². The first-order chi connectivity index (χ1) is 12.5. The number of hydrogen-bond donors (Lipinski definition) is 1. The van der Waals surface area contributed by atoms with Crippen LogP contribution < -0.4 is 0 Å². The summed E-state index contributed by atoms with van der Waals surface area (Å²) in [7, 11) is 0. The lowest BCUT2D eigenvalue weighted by atomic mass is 9.97. The molecule has 4 nitrogen and oxygen atoms in total. The van der Waals surface area contributed by atoms with Crippen LogP contribution in [0.2, 0.25) is 0 Å². The predicted molar refractivity (Wildman–Crippen MR) is 104 cm³/mol. The molecule has 2 aromatic rings. The van der Waals surface area contributed by atoms with Crippen molar-refractivity contribution in [3.63, 3.8) is 0 Å². The molecule has 1 aromatic carbocycles. The highest BCUT2D eigenvalue weighted by molar-refractivity contribution is 7.10. The largest absolute Gasteiger partial charge is 0.507 e. The molecule has 136 valence electrons. The number of amides is 1. The van der Waals surface area contributed by atoms with Crippen molar-refractivity contribution >= 4 is 28.8 Å². The molecule has 0 radical (unpaired) electrons. The van der Waals surface area contributed by atoms with Crippen molar-refractivity contribution in [3.8, 4) is 0 Å². The third kappa shape index (κ3) is 3.07. The summed E-state index contributed by atoms with van der Waals surface area (Å²) < 4.78 is 0. The highest BCUT2D eigenvalue weighted by atomic mass is 32.1. The fourth-order valence-electron chi connectivity index (χ4n) is 3.34. The Morgan fingerprint density at radius 3 is 2.38 bits per heavy atom. The Bertz CT molecular complexity index is 864. The van der Waals surface area contributed by atoms with Crippen molar-refractivity contribution in [3.05, 3.63) is 62.9 Å². The number of carbonyl (C=O) groups is 2. The van der Waals surface area contributed by atoms with Crippen molar-refractivity contribution in [1.82, 2.24) is 4.90 Å². The molecular formula is C21H23NO3S. The maximum atomic E-state index is 12.7. The Balaban J connectivity index is 2.16. The first-order valence-electron chi connectivity index (χ1n) is 8.91. The van der Waals surface area contributed by atoms with Gasteiger partial charge in [-0.15, -0.1) is 11.3 Å². The molecule has 5 heteroatoms. The maximum Gasteiger partial charge on any atom is 0.295 e. The molecule has 1 N–H and O–H groups in total. The molecule has 1 amide bonds. The quantitative estimate of drug-likeness (QED) is 0.481. The van der Waals surface area contributed by atoms with Crippen molar-refractivity contribution in [2.24, 2.45) is 0 Å². The highest BCUT2D eigenvalue weighted by Gasteiger charge is 2.46. The summed E-state index contributed by atoms with van der Waals surface area (Å²) >= 11 is 1.51. The fourth-order valence-corrected chi connectivity index (χ4v) is 4.39. The van der Waals surface area contributed by atoms with Crippen LogP contribution in [0.4, 0.5) is 0 Å². The number of likely N-dealkylation sites (tertiary alicyclic amines) is 1. The minimum Gasteiger partial charge on any atom is -0.507 e. The van der Waals surface area contributed by atoms with E-state index in [1.807, 2.05) is 37.4 Å². The van der Waals surface area contributed by atoms with Gasteiger partial charge in [-0.25, -0.2) is 0 Å². The molecule has 1 saturated heterocycles. The zero-order valence-corrected chi connectivity index (χ0v) is 16.1. The number of aliphatic hydroxyl groups is 1. The van der Waals surface area contributed by atoms with Crippen molar-refractivity contribution in [2.45, 2.75) is 39.7 Å². The Morgan fingerprint density at radius 2 is 1.85 bits per heavy atom. The Morgan fingerprint density at radius 1 is 1.15 bits per heavy atom. The molecule has 0 saturated carbocycles. The lowest BCUT2D eigenvalue weighted by Crippen LogP contribution is -2.30. The number of aliphatic hydroxyl groups excluding tert-OH is 1. The van der Waals surface area contributed by atoms with Crippen molar-refractivity contribution < 1.29 is 14.7 Å². The Labute approximate surface area is 157 Å². The summed E-state index contributed by atoms with van der Waals surface area (Å²) in [5.74, 6) is -1.23. The van der Waals surface area contributed by atoms with E-state index in [0.717, 1.165) is 28.8 Å². The molecule has 1 atom stereocenters. The average molecular weight is 369 g/mol. The second-order valence-corrected chi connectivity index (χ2v) is 7.46. The monoisotopic (exact) mass is 369 g/mol. The van der Waals surface area contributed by atoms with Crippen LogP contribution in [-0.4, -0.2) is 28.2 Å². The van der Waals surface area contributed by atoms with E-state index in [4.69, 9.17) is 0 Å². The van der Waals surface area contributed by atoms with Crippen LogP contribution >= 0.6 is 11.3 Å². The number of benzene rings is 1. The van der Waals surface area contributed by atoms with Gasteiger partial charge in [0.25, 0.3) is 11.7 Å². The van der Waals surface area contributed by atoms with Crippen LogP contribution in [0.15, 0.2) is 41.3 Å². The first kappa shape index (κ1) is 18.4. The number of thiophene rings is 1. The van der Waals surface area contributed by atoms with Crippen LogP contribution in [0.5, 0.6) is 0 Å². The maximum absolute atomic E-state index is 12.7. The summed E-state index contributed by atoms with van der Waals surface area (Å²) in [6, 6.07) is 8.94. The van der Waals surface area contributed by atoms with Gasteiger partial charge in [0, 0.05) is 17.0 Å². The molecule has 1 aliphatic heterocycles. The number of nitrogens with zero attached hydrogens (tertiary/aromatic N) is 1. The number of Topliss-reactive ketones (excluding diaryl/α,β-unsaturated/α-hetero) is 1. The van der Waals surface area contributed by atoms with Gasteiger partial charge in [0.05, 0.1) is 11.6 Å². The molecule has 1 fully saturated rings. The van der Waals surface area contributed by atoms with E-state index < -0.39 is 17.7 Å². The summed E-state index contributed by atoms with van der Waals surface area (Å²) in [6.07, 6.45) is 1.65. The van der Waals surface area contributed by atoms with Gasteiger partial charge in [-0.3, -0.25) is 9.59 Å².